The minimum atomic E-state index is 0.709. The minimum Gasteiger partial charge on any atom is -0.384 e. The van der Waals surface area contributed by atoms with E-state index in [9.17, 15) is 0 Å². The molecule has 0 atom stereocenters. The van der Waals surface area contributed by atoms with Crippen LogP contribution in [0.5, 0.6) is 0 Å². The van der Waals surface area contributed by atoms with E-state index in [0.717, 1.165) is 36.2 Å². The third-order valence-electron chi connectivity index (χ3n) is 2.54. The first kappa shape index (κ1) is 13.5. The lowest BCUT2D eigenvalue weighted by Gasteiger charge is -2.09. The summed E-state index contributed by atoms with van der Waals surface area (Å²) in [6.45, 7) is 1.63. The second-order valence-electron chi connectivity index (χ2n) is 3.79. The van der Waals surface area contributed by atoms with Crippen molar-refractivity contribution in [2.24, 2.45) is 0 Å². The van der Waals surface area contributed by atoms with Crippen molar-refractivity contribution in [2.75, 3.05) is 24.7 Å². The highest BCUT2D eigenvalue weighted by atomic mass is 35.5. The van der Waals surface area contributed by atoms with Crippen molar-refractivity contribution >= 4 is 40.2 Å². The fourth-order valence-electron chi connectivity index (χ4n) is 1.71. The van der Waals surface area contributed by atoms with Gasteiger partial charge in [-0.2, -0.15) is 0 Å². The van der Waals surface area contributed by atoms with E-state index >= 15 is 0 Å². The fourth-order valence-corrected chi connectivity index (χ4v) is 2.16. The molecule has 2 aromatic rings. The van der Waals surface area contributed by atoms with Gasteiger partial charge in [0, 0.05) is 35.1 Å². The molecule has 1 aromatic heterocycles. The summed E-state index contributed by atoms with van der Waals surface area (Å²) in [5.74, 6) is 0. The zero-order chi connectivity index (χ0) is 12.8. The highest BCUT2D eigenvalue weighted by Gasteiger charge is 2.01. The maximum atomic E-state index is 5.95. The Morgan fingerprint density at radius 3 is 3.11 bits per heavy atom. The molecule has 18 heavy (non-hydrogen) atoms. The molecule has 5 heteroatoms. The molecule has 0 saturated carbocycles. The number of nitrogens with zero attached hydrogens (tertiary/aromatic N) is 1. The summed E-state index contributed by atoms with van der Waals surface area (Å²) in [6.07, 6.45) is 4.69. The molecule has 0 fully saturated rings. The van der Waals surface area contributed by atoms with Crippen LogP contribution < -0.4 is 5.32 Å². The van der Waals surface area contributed by atoms with Gasteiger partial charge in [0.25, 0.3) is 0 Å². The van der Waals surface area contributed by atoms with E-state index in [0.29, 0.717) is 5.02 Å². The summed E-state index contributed by atoms with van der Waals surface area (Å²) >= 11 is 7.35. The molecule has 1 N–H and O–H groups in total. The number of hydrogen-bond acceptors (Lipinski definition) is 4. The number of hydrogen-bond donors (Lipinski definition) is 1. The zero-order valence-electron chi connectivity index (χ0n) is 10.1. The Morgan fingerprint density at radius 2 is 2.28 bits per heavy atom. The van der Waals surface area contributed by atoms with Crippen molar-refractivity contribution in [1.29, 1.82) is 0 Å². The van der Waals surface area contributed by atoms with Crippen molar-refractivity contribution < 1.29 is 4.18 Å². The van der Waals surface area contributed by atoms with Crippen molar-refractivity contribution in [3.05, 3.63) is 35.5 Å². The van der Waals surface area contributed by atoms with Crippen molar-refractivity contribution in [3.63, 3.8) is 0 Å². The molecule has 96 valence electrons. The van der Waals surface area contributed by atoms with Gasteiger partial charge in [-0.3, -0.25) is 4.98 Å². The number of aromatic nitrogens is 1. The Morgan fingerprint density at radius 1 is 1.39 bits per heavy atom. The van der Waals surface area contributed by atoms with E-state index in [1.54, 1.807) is 6.20 Å². The molecule has 0 spiro atoms. The van der Waals surface area contributed by atoms with Crippen molar-refractivity contribution in [2.45, 2.75) is 6.42 Å². The average molecular weight is 283 g/mol. The monoisotopic (exact) mass is 282 g/mol. The molecule has 2 rings (SSSR count). The largest absolute Gasteiger partial charge is 0.384 e. The van der Waals surface area contributed by atoms with Gasteiger partial charge in [0.1, 0.15) is 0 Å². The normalized spacial score (nSPS) is 10.8. The Kier molecular flexibility index (Phi) is 5.11. The molecule has 0 bridgehead atoms. The standard InChI is InChI=1S/C13H15ClN2OS/c1-18-17-8-2-6-15-12-5-7-16-13-9-10(14)3-4-11(12)13/h3-5,7,9H,2,6,8H2,1H3,(H,15,16). The van der Waals surface area contributed by atoms with Gasteiger partial charge in [-0.25, -0.2) is 0 Å². The maximum Gasteiger partial charge on any atom is 0.0737 e. The average Bonchev–Trinajstić information content (AvgIpc) is 2.38. The number of anilines is 1. The smallest absolute Gasteiger partial charge is 0.0737 e. The van der Waals surface area contributed by atoms with Gasteiger partial charge in [0.15, 0.2) is 0 Å². The number of pyridine rings is 1. The van der Waals surface area contributed by atoms with Crippen LogP contribution in [-0.2, 0) is 4.18 Å². The van der Waals surface area contributed by atoms with Gasteiger partial charge in [0.2, 0.25) is 0 Å². The summed E-state index contributed by atoms with van der Waals surface area (Å²) in [7, 11) is 0. The molecular formula is C13H15ClN2OS. The van der Waals surface area contributed by atoms with Crippen LogP contribution in [0.3, 0.4) is 0 Å². The van der Waals surface area contributed by atoms with Gasteiger partial charge in [-0.1, -0.05) is 11.6 Å². The maximum absolute atomic E-state index is 5.95. The first-order chi connectivity index (χ1) is 8.81. The van der Waals surface area contributed by atoms with E-state index in [1.807, 2.05) is 30.5 Å². The van der Waals surface area contributed by atoms with Gasteiger partial charge in [-0.05, 0) is 42.7 Å². The van der Waals surface area contributed by atoms with Crippen LogP contribution in [0.15, 0.2) is 30.5 Å². The van der Waals surface area contributed by atoms with E-state index in [1.165, 1.54) is 12.0 Å². The number of rotatable bonds is 6. The van der Waals surface area contributed by atoms with Crippen LogP contribution in [0.1, 0.15) is 6.42 Å². The molecule has 0 aliphatic heterocycles. The lowest BCUT2D eigenvalue weighted by molar-refractivity contribution is 0.372. The van der Waals surface area contributed by atoms with Crippen LogP contribution >= 0.6 is 23.6 Å². The predicted octanol–water partition coefficient (Wildman–Crippen LogP) is 3.98. The predicted molar refractivity (Wildman–Crippen MR) is 79.3 cm³/mol. The molecular weight excluding hydrogens is 268 g/mol. The summed E-state index contributed by atoms with van der Waals surface area (Å²) in [4.78, 5) is 4.31. The number of benzene rings is 1. The van der Waals surface area contributed by atoms with E-state index in [2.05, 4.69) is 10.3 Å². The third kappa shape index (κ3) is 3.51. The molecule has 0 aliphatic rings. The Labute approximate surface area is 116 Å². The minimum absolute atomic E-state index is 0.709. The third-order valence-corrected chi connectivity index (χ3v) is 3.18. The highest BCUT2D eigenvalue weighted by Crippen LogP contribution is 2.24. The quantitative estimate of drug-likeness (QED) is 0.642. The number of fused-ring (bicyclic) bond motifs is 1. The van der Waals surface area contributed by atoms with Crippen LogP contribution in [-0.4, -0.2) is 24.4 Å². The van der Waals surface area contributed by atoms with Crippen LogP contribution in [0.4, 0.5) is 5.69 Å². The van der Waals surface area contributed by atoms with E-state index in [4.69, 9.17) is 15.8 Å². The summed E-state index contributed by atoms with van der Waals surface area (Å²) in [5, 5.41) is 5.19. The van der Waals surface area contributed by atoms with Gasteiger partial charge in [0.05, 0.1) is 12.1 Å². The molecule has 0 unspecified atom stereocenters. The molecule has 0 amide bonds. The van der Waals surface area contributed by atoms with Crippen LogP contribution in [0.25, 0.3) is 10.9 Å². The van der Waals surface area contributed by atoms with Crippen LogP contribution in [0.2, 0.25) is 5.02 Å². The Hall–Kier alpha value is -0.970. The number of halogens is 1. The topological polar surface area (TPSA) is 34.1 Å². The van der Waals surface area contributed by atoms with Gasteiger partial charge < -0.3 is 9.50 Å². The first-order valence-electron chi connectivity index (χ1n) is 5.75. The van der Waals surface area contributed by atoms with E-state index < -0.39 is 0 Å². The summed E-state index contributed by atoms with van der Waals surface area (Å²) in [5.41, 5.74) is 1.99. The van der Waals surface area contributed by atoms with Crippen molar-refractivity contribution in [3.8, 4) is 0 Å². The van der Waals surface area contributed by atoms with Gasteiger partial charge >= 0.3 is 0 Å². The Balaban J connectivity index is 2.04. The molecule has 0 aliphatic carbocycles. The highest BCUT2D eigenvalue weighted by molar-refractivity contribution is 7.93. The molecule has 1 heterocycles. The molecule has 1 aromatic carbocycles. The molecule has 0 saturated heterocycles. The zero-order valence-corrected chi connectivity index (χ0v) is 11.7. The van der Waals surface area contributed by atoms with Crippen molar-refractivity contribution in [1.82, 2.24) is 4.98 Å². The Bertz CT molecular complexity index is 521. The second-order valence-corrected chi connectivity index (χ2v) is 4.79. The SMILES string of the molecule is CSOCCCNc1ccnc2cc(Cl)ccc12. The summed E-state index contributed by atoms with van der Waals surface area (Å²) in [6, 6.07) is 7.73. The second kappa shape index (κ2) is 6.83. The number of nitrogens with one attached hydrogen (secondary N) is 1. The van der Waals surface area contributed by atoms with E-state index in [-0.39, 0.29) is 0 Å². The van der Waals surface area contributed by atoms with Crippen LogP contribution in [0, 0.1) is 0 Å². The lowest BCUT2D eigenvalue weighted by atomic mass is 10.2. The first-order valence-corrected chi connectivity index (χ1v) is 7.28. The summed E-state index contributed by atoms with van der Waals surface area (Å²) < 4.78 is 5.22. The molecule has 3 nitrogen and oxygen atoms in total. The lowest BCUT2D eigenvalue weighted by Crippen LogP contribution is -2.04. The van der Waals surface area contributed by atoms with Gasteiger partial charge in [-0.15, -0.1) is 0 Å². The fraction of sp³-hybridized carbons (Fsp3) is 0.308. The molecule has 0 radical (unpaired) electrons.